The maximum atomic E-state index is 14.5. The van der Waals surface area contributed by atoms with Crippen molar-refractivity contribution < 1.29 is 4.39 Å². The van der Waals surface area contributed by atoms with Gasteiger partial charge in [-0.25, -0.2) is 4.39 Å². The Kier molecular flexibility index (Phi) is 10.5. The van der Waals surface area contributed by atoms with Gasteiger partial charge in [0.2, 0.25) is 0 Å². The molecule has 3 rings (SSSR count). The number of rotatable bonds is 9. The Balaban J connectivity index is 1.49. The topological polar surface area (TPSA) is 0 Å². The normalized spacial score (nSPS) is 10.2. The number of hydrogen-bond donors (Lipinski definition) is 0. The van der Waals surface area contributed by atoms with Crippen molar-refractivity contribution >= 4 is 0 Å². The minimum absolute atomic E-state index is 0.338. The molecular weight excluding hydrogens is 415 g/mol. The first kappa shape index (κ1) is 25.3. The van der Waals surface area contributed by atoms with E-state index in [1.165, 1.54) is 68.6 Å². The summed E-state index contributed by atoms with van der Waals surface area (Å²) in [6.07, 6.45) is 11.8. The van der Waals surface area contributed by atoms with Crippen LogP contribution in [0.15, 0.2) is 66.7 Å². The molecule has 0 heterocycles. The first-order chi connectivity index (χ1) is 16.6. The van der Waals surface area contributed by atoms with Crippen LogP contribution in [-0.4, -0.2) is 0 Å². The zero-order valence-electron chi connectivity index (χ0n) is 20.6. The van der Waals surface area contributed by atoms with Crippen LogP contribution in [0.3, 0.4) is 0 Å². The number of benzene rings is 3. The van der Waals surface area contributed by atoms with E-state index in [2.05, 4.69) is 42.7 Å². The summed E-state index contributed by atoms with van der Waals surface area (Å²) in [7, 11) is 0. The molecule has 3 aromatic rings. The van der Waals surface area contributed by atoms with E-state index in [0.717, 1.165) is 17.5 Å². The van der Waals surface area contributed by atoms with E-state index in [9.17, 15) is 4.39 Å². The summed E-state index contributed by atoms with van der Waals surface area (Å²) in [4.78, 5) is 0. The van der Waals surface area contributed by atoms with E-state index >= 15 is 0 Å². The molecule has 0 nitrogen and oxygen atoms in total. The summed E-state index contributed by atoms with van der Waals surface area (Å²) in [5.74, 6) is 11.8. The van der Waals surface area contributed by atoms with Crippen LogP contribution < -0.4 is 0 Å². The van der Waals surface area contributed by atoms with Gasteiger partial charge >= 0.3 is 0 Å². The highest BCUT2D eigenvalue weighted by Gasteiger charge is 2.00. The van der Waals surface area contributed by atoms with Crippen LogP contribution in [0.1, 0.15) is 91.7 Å². The SMILES string of the molecule is CCCCCCCCCCc1ccc(C#Cc2ccc(C#Cc3ccc(C)cc3)cc2F)cc1. The van der Waals surface area contributed by atoms with Crippen molar-refractivity contribution in [3.8, 4) is 23.7 Å². The fourth-order valence-corrected chi connectivity index (χ4v) is 3.83. The predicted octanol–water partition coefficient (Wildman–Crippen LogP) is 8.62. The number of halogens is 1. The Morgan fingerprint density at radius 2 is 1.12 bits per heavy atom. The van der Waals surface area contributed by atoms with Gasteiger partial charge in [0.25, 0.3) is 0 Å². The molecule has 0 aliphatic rings. The molecule has 0 saturated heterocycles. The molecule has 174 valence electrons. The van der Waals surface area contributed by atoms with E-state index in [0.29, 0.717) is 11.1 Å². The lowest BCUT2D eigenvalue weighted by atomic mass is 10.0. The van der Waals surface area contributed by atoms with E-state index in [1.54, 1.807) is 6.07 Å². The molecule has 0 atom stereocenters. The van der Waals surface area contributed by atoms with Crippen molar-refractivity contribution in [1.29, 1.82) is 0 Å². The monoisotopic (exact) mass is 450 g/mol. The third kappa shape index (κ3) is 8.92. The Labute approximate surface area is 205 Å². The maximum Gasteiger partial charge on any atom is 0.140 e. The molecule has 0 spiro atoms. The van der Waals surface area contributed by atoms with E-state index in [-0.39, 0.29) is 5.82 Å². The third-order valence-electron chi connectivity index (χ3n) is 5.99. The summed E-state index contributed by atoms with van der Waals surface area (Å²) in [6, 6.07) is 21.3. The summed E-state index contributed by atoms with van der Waals surface area (Å²) in [6.45, 7) is 4.30. The van der Waals surface area contributed by atoms with E-state index < -0.39 is 0 Å². The predicted molar refractivity (Wildman–Crippen MR) is 142 cm³/mol. The second-order valence-corrected chi connectivity index (χ2v) is 8.98. The maximum absolute atomic E-state index is 14.5. The summed E-state index contributed by atoms with van der Waals surface area (Å²) >= 11 is 0. The molecule has 0 fully saturated rings. The van der Waals surface area contributed by atoms with Crippen LogP contribution in [-0.2, 0) is 6.42 Å². The molecule has 0 aliphatic heterocycles. The van der Waals surface area contributed by atoms with Crippen molar-refractivity contribution in [3.05, 3.63) is 106 Å². The number of hydrogen-bond acceptors (Lipinski definition) is 0. The van der Waals surface area contributed by atoms with Crippen LogP contribution in [0.4, 0.5) is 4.39 Å². The van der Waals surface area contributed by atoms with Gasteiger partial charge in [0.15, 0.2) is 0 Å². The molecule has 0 N–H and O–H groups in total. The molecule has 0 saturated carbocycles. The first-order valence-corrected chi connectivity index (χ1v) is 12.6. The van der Waals surface area contributed by atoms with Crippen molar-refractivity contribution in [2.45, 2.75) is 71.6 Å². The standard InChI is InChI=1S/C33H35F/c1-3-4-5-6-7-8-9-10-11-28-16-18-30(19-17-28)22-24-32-25-23-31(26-33(32)34)21-20-29-14-12-27(2)13-15-29/h12-19,23,25-26H,3-11H2,1-2H3. The summed E-state index contributed by atoms with van der Waals surface area (Å²) < 4.78 is 14.5. The zero-order chi connectivity index (χ0) is 24.0. The van der Waals surface area contributed by atoms with Crippen molar-refractivity contribution in [2.24, 2.45) is 0 Å². The molecule has 1 heteroatoms. The summed E-state index contributed by atoms with van der Waals surface area (Å²) in [5.41, 5.74) is 5.40. The van der Waals surface area contributed by atoms with Crippen LogP contribution >= 0.6 is 0 Å². The average Bonchev–Trinajstić information content (AvgIpc) is 2.85. The van der Waals surface area contributed by atoms with Gasteiger partial charge in [0, 0.05) is 16.7 Å². The lowest BCUT2D eigenvalue weighted by Crippen LogP contribution is -1.88. The number of aryl methyl sites for hydroxylation is 2. The molecular formula is C33H35F. The largest absolute Gasteiger partial charge is 0.206 e. The fourth-order valence-electron chi connectivity index (χ4n) is 3.83. The smallest absolute Gasteiger partial charge is 0.140 e. The molecule has 0 bridgehead atoms. The van der Waals surface area contributed by atoms with Crippen molar-refractivity contribution in [1.82, 2.24) is 0 Å². The molecule has 34 heavy (non-hydrogen) atoms. The Morgan fingerprint density at radius 1 is 0.588 bits per heavy atom. The van der Waals surface area contributed by atoms with Gasteiger partial charge in [-0.05, 0) is 67.8 Å². The quantitative estimate of drug-likeness (QED) is 0.226. The van der Waals surface area contributed by atoms with Gasteiger partial charge in [0.1, 0.15) is 5.82 Å². The number of unbranched alkanes of at least 4 members (excludes halogenated alkanes) is 7. The highest BCUT2D eigenvalue weighted by atomic mass is 19.1. The molecule has 0 aromatic heterocycles. The molecule has 0 radical (unpaired) electrons. The van der Waals surface area contributed by atoms with Gasteiger partial charge < -0.3 is 0 Å². The van der Waals surface area contributed by atoms with Crippen molar-refractivity contribution in [3.63, 3.8) is 0 Å². The Morgan fingerprint density at radius 3 is 1.76 bits per heavy atom. The van der Waals surface area contributed by atoms with Gasteiger partial charge in [-0.1, -0.05) is 105 Å². The van der Waals surface area contributed by atoms with Crippen LogP contribution in [0.25, 0.3) is 0 Å². The second kappa shape index (κ2) is 14.1. The third-order valence-corrected chi connectivity index (χ3v) is 5.99. The van der Waals surface area contributed by atoms with Gasteiger partial charge in [-0.2, -0.15) is 0 Å². The van der Waals surface area contributed by atoms with Gasteiger partial charge in [-0.15, -0.1) is 0 Å². The minimum atomic E-state index is -0.338. The van der Waals surface area contributed by atoms with Gasteiger partial charge in [0.05, 0.1) is 5.56 Å². The molecule has 0 unspecified atom stereocenters. The zero-order valence-corrected chi connectivity index (χ0v) is 20.6. The van der Waals surface area contributed by atoms with E-state index in [1.807, 2.05) is 49.4 Å². The first-order valence-electron chi connectivity index (χ1n) is 12.6. The molecule has 0 aliphatic carbocycles. The molecule has 0 amide bonds. The lowest BCUT2D eigenvalue weighted by molar-refractivity contribution is 0.575. The van der Waals surface area contributed by atoms with Crippen LogP contribution in [0, 0.1) is 36.4 Å². The lowest BCUT2D eigenvalue weighted by Gasteiger charge is -2.03. The Bertz CT molecular complexity index is 1150. The van der Waals surface area contributed by atoms with Gasteiger partial charge in [-0.3, -0.25) is 0 Å². The highest BCUT2D eigenvalue weighted by Crippen LogP contribution is 2.13. The van der Waals surface area contributed by atoms with E-state index in [4.69, 9.17) is 0 Å². The van der Waals surface area contributed by atoms with Crippen LogP contribution in [0.5, 0.6) is 0 Å². The fraction of sp³-hybridized carbons (Fsp3) is 0.333. The highest BCUT2D eigenvalue weighted by molar-refractivity contribution is 5.49. The average molecular weight is 451 g/mol. The van der Waals surface area contributed by atoms with Crippen molar-refractivity contribution in [2.75, 3.05) is 0 Å². The van der Waals surface area contributed by atoms with Crippen LogP contribution in [0.2, 0.25) is 0 Å². The summed E-state index contributed by atoms with van der Waals surface area (Å²) in [5, 5.41) is 0. The minimum Gasteiger partial charge on any atom is -0.206 e. The Hall–Kier alpha value is -3.29. The molecule has 3 aromatic carbocycles. The second-order valence-electron chi connectivity index (χ2n) is 8.98.